The van der Waals surface area contributed by atoms with E-state index in [2.05, 4.69) is 124 Å². The molecular weight excluding hydrogens is 537 g/mol. The quantitative estimate of drug-likeness (QED) is 0.136. The van der Waals surface area contributed by atoms with E-state index in [4.69, 9.17) is 0 Å². The molecule has 5 rings (SSSR count). The van der Waals surface area contributed by atoms with Gasteiger partial charge in [0.05, 0.1) is 5.30 Å². The van der Waals surface area contributed by atoms with Crippen molar-refractivity contribution in [3.8, 4) is 11.1 Å². The molecule has 0 fully saturated rings. The maximum atomic E-state index is 12.0. The first kappa shape index (κ1) is 29.4. The van der Waals surface area contributed by atoms with Gasteiger partial charge in [-0.1, -0.05) is 105 Å². The van der Waals surface area contributed by atoms with E-state index in [1.807, 2.05) is 18.2 Å². The van der Waals surface area contributed by atoms with Gasteiger partial charge in [0.15, 0.2) is 5.69 Å². The molecule has 42 heavy (non-hydrogen) atoms. The molecule has 0 heterocycles. The summed E-state index contributed by atoms with van der Waals surface area (Å²) in [6, 6.07) is 45.2. The number of benzene rings is 5. The molecule has 0 aliphatic heterocycles. The van der Waals surface area contributed by atoms with Crippen LogP contribution >= 0.6 is 7.60 Å². The van der Waals surface area contributed by atoms with Crippen LogP contribution in [0.1, 0.15) is 37.8 Å². The number of hydrogen-bond donors (Lipinski definition) is 2. The van der Waals surface area contributed by atoms with Crippen molar-refractivity contribution in [3.63, 3.8) is 0 Å². The molecule has 0 saturated carbocycles. The lowest BCUT2D eigenvalue weighted by molar-refractivity contribution is 0.387. The third kappa shape index (κ3) is 5.43. The summed E-state index contributed by atoms with van der Waals surface area (Å²) in [5.74, 6) is 0. The highest BCUT2D eigenvalue weighted by molar-refractivity contribution is 7.60. The fourth-order valence-electron chi connectivity index (χ4n) is 6.20. The Labute approximate surface area is 249 Å². The van der Waals surface area contributed by atoms with Crippen LogP contribution in [-0.2, 0) is 4.57 Å². The van der Waals surface area contributed by atoms with Crippen LogP contribution in [0.2, 0.25) is 0 Å². The predicted octanol–water partition coefficient (Wildman–Crippen LogP) is 9.67. The standard InChI is InChI=1S/C37H36NO3P/c1-4-34(30-24-26-33(27-25-30)42(39,40)41)36(5-2)38(31-19-11-7-12-20-31,32-21-13-8-14-22-32)37-28(3)16-15-23-35(37)29-17-9-6-10-18-29/h6-27H,4-5H2,1-3H3,(H-,39,40,41)/p+1. The normalized spacial score (nSPS) is 12.6. The fraction of sp³-hybridized carbons (Fsp3) is 0.135. The molecule has 5 aromatic carbocycles. The van der Waals surface area contributed by atoms with Crippen LogP contribution < -0.4 is 9.79 Å². The van der Waals surface area contributed by atoms with Gasteiger partial charge in [-0.25, -0.2) is 0 Å². The van der Waals surface area contributed by atoms with Crippen molar-refractivity contribution in [2.24, 2.45) is 0 Å². The summed E-state index contributed by atoms with van der Waals surface area (Å²) in [4.78, 5) is 19.5. The lowest BCUT2D eigenvalue weighted by Gasteiger charge is -2.42. The second-order valence-corrected chi connectivity index (χ2v) is 12.0. The Balaban J connectivity index is 1.98. The van der Waals surface area contributed by atoms with Crippen molar-refractivity contribution < 1.29 is 14.4 Å². The molecule has 4 nitrogen and oxygen atoms in total. The lowest BCUT2D eigenvalue weighted by Crippen LogP contribution is -2.39. The van der Waals surface area contributed by atoms with Crippen LogP contribution in [0.25, 0.3) is 16.7 Å². The van der Waals surface area contributed by atoms with E-state index in [0.717, 1.165) is 46.5 Å². The van der Waals surface area contributed by atoms with Crippen LogP contribution in [0.3, 0.4) is 0 Å². The summed E-state index contributed by atoms with van der Waals surface area (Å²) in [5, 5.41) is 0.0249. The third-order valence-corrected chi connectivity index (χ3v) is 8.91. The van der Waals surface area contributed by atoms with E-state index < -0.39 is 7.60 Å². The van der Waals surface area contributed by atoms with Crippen LogP contribution in [0.5, 0.6) is 0 Å². The number of allylic oxidation sites excluding steroid dienone is 2. The molecule has 0 aliphatic carbocycles. The van der Waals surface area contributed by atoms with Gasteiger partial charge < -0.3 is 9.79 Å². The summed E-state index contributed by atoms with van der Waals surface area (Å²) in [6.07, 6.45) is 1.49. The predicted molar refractivity (Wildman–Crippen MR) is 176 cm³/mol. The second-order valence-electron chi connectivity index (χ2n) is 10.4. The smallest absolute Gasteiger partial charge is 0.321 e. The molecule has 0 amide bonds. The van der Waals surface area contributed by atoms with Crippen LogP contribution in [-0.4, -0.2) is 9.79 Å². The SMILES string of the molecule is CCC(=C(CC)[N+](c1ccccc1)(c1ccccc1)c1c(C)cccc1-c1ccccc1)c1ccc(P(=O)(O)O)cc1. The number of rotatable bonds is 9. The minimum Gasteiger partial charge on any atom is -0.321 e. The molecule has 0 radical (unpaired) electrons. The van der Waals surface area contributed by atoms with Crippen molar-refractivity contribution in [3.05, 3.63) is 150 Å². The van der Waals surface area contributed by atoms with Crippen LogP contribution in [0, 0.1) is 6.92 Å². The van der Waals surface area contributed by atoms with Crippen molar-refractivity contribution in [2.45, 2.75) is 33.6 Å². The van der Waals surface area contributed by atoms with E-state index in [-0.39, 0.29) is 5.30 Å². The molecule has 0 bridgehead atoms. The zero-order valence-electron chi connectivity index (χ0n) is 24.3. The zero-order valence-corrected chi connectivity index (χ0v) is 25.2. The van der Waals surface area contributed by atoms with Crippen LogP contribution in [0.15, 0.2) is 139 Å². The van der Waals surface area contributed by atoms with Gasteiger partial charge in [0.25, 0.3) is 0 Å². The number of nitrogens with zero attached hydrogens (tertiary/aromatic N) is 1. The van der Waals surface area contributed by atoms with Crippen molar-refractivity contribution in [1.82, 2.24) is 4.48 Å². The topological polar surface area (TPSA) is 57.5 Å². The van der Waals surface area contributed by atoms with E-state index in [9.17, 15) is 14.4 Å². The van der Waals surface area contributed by atoms with Gasteiger partial charge in [0.2, 0.25) is 0 Å². The zero-order chi connectivity index (χ0) is 29.7. The highest BCUT2D eigenvalue weighted by Gasteiger charge is 2.44. The highest BCUT2D eigenvalue weighted by atomic mass is 31.2. The first-order valence-electron chi connectivity index (χ1n) is 14.4. The summed E-state index contributed by atoms with van der Waals surface area (Å²) in [6.45, 7) is 6.55. The summed E-state index contributed by atoms with van der Waals surface area (Å²) in [7, 11) is -4.35. The Hall–Kier alpha value is -4.05. The second kappa shape index (κ2) is 12.4. The molecular formula is C37H37NO3P+. The summed E-state index contributed by atoms with van der Waals surface area (Å²) >= 11 is 0. The lowest BCUT2D eigenvalue weighted by atomic mass is 9.91. The highest BCUT2D eigenvalue weighted by Crippen LogP contribution is 2.55. The molecule has 0 spiro atoms. The molecule has 212 valence electrons. The Morgan fingerprint density at radius 3 is 1.64 bits per heavy atom. The monoisotopic (exact) mass is 574 g/mol. The summed E-state index contributed by atoms with van der Waals surface area (Å²) < 4.78 is 12.4. The van der Waals surface area contributed by atoms with Gasteiger partial charge in [-0.05, 0) is 42.7 Å². The molecule has 0 aliphatic rings. The Morgan fingerprint density at radius 2 is 1.17 bits per heavy atom. The number of quaternary nitrogens is 1. The first-order chi connectivity index (χ1) is 20.3. The Kier molecular flexibility index (Phi) is 8.72. The maximum absolute atomic E-state index is 12.0. The van der Waals surface area contributed by atoms with Gasteiger partial charge in [-0.15, -0.1) is 0 Å². The molecule has 0 aromatic heterocycles. The van der Waals surface area contributed by atoms with E-state index in [0.29, 0.717) is 4.48 Å². The first-order valence-corrected chi connectivity index (χ1v) is 16.0. The van der Waals surface area contributed by atoms with E-state index in [1.54, 1.807) is 12.1 Å². The Morgan fingerprint density at radius 1 is 0.643 bits per heavy atom. The molecule has 5 heteroatoms. The molecule has 0 atom stereocenters. The van der Waals surface area contributed by atoms with Gasteiger partial charge >= 0.3 is 7.60 Å². The average molecular weight is 575 g/mol. The van der Waals surface area contributed by atoms with E-state index in [1.165, 1.54) is 16.9 Å². The van der Waals surface area contributed by atoms with Crippen molar-refractivity contribution in [2.75, 3.05) is 0 Å². The van der Waals surface area contributed by atoms with Crippen molar-refractivity contribution >= 4 is 35.5 Å². The van der Waals surface area contributed by atoms with Gasteiger partial charge in [-0.3, -0.25) is 4.57 Å². The minimum atomic E-state index is -4.35. The Bertz CT molecular complexity index is 1690. The molecule has 2 N–H and O–H groups in total. The molecule has 5 aromatic rings. The van der Waals surface area contributed by atoms with Crippen molar-refractivity contribution in [1.29, 1.82) is 0 Å². The number of aryl methyl sites for hydroxylation is 1. The largest absolute Gasteiger partial charge is 0.356 e. The third-order valence-electron chi connectivity index (χ3n) is 7.94. The van der Waals surface area contributed by atoms with E-state index >= 15 is 0 Å². The maximum Gasteiger partial charge on any atom is 0.356 e. The molecule has 0 unspecified atom stereocenters. The average Bonchev–Trinajstić information content (AvgIpc) is 3.02. The van der Waals surface area contributed by atoms with Crippen LogP contribution in [0.4, 0.5) is 17.1 Å². The minimum absolute atomic E-state index is 0.0249. The number of para-hydroxylation sites is 3. The molecule has 0 saturated heterocycles. The fourth-order valence-corrected chi connectivity index (χ4v) is 6.73. The van der Waals surface area contributed by atoms with Gasteiger partial charge in [0.1, 0.15) is 17.1 Å². The van der Waals surface area contributed by atoms with Gasteiger partial charge in [0, 0.05) is 47.4 Å². The number of hydrogen-bond acceptors (Lipinski definition) is 1. The summed E-state index contributed by atoms with van der Waals surface area (Å²) in [5.41, 5.74) is 10.2. The van der Waals surface area contributed by atoms with Gasteiger partial charge in [-0.2, -0.15) is 4.48 Å².